The first-order valence-electron chi connectivity index (χ1n) is 5.70. The van der Waals surface area contributed by atoms with E-state index in [0.717, 1.165) is 23.1 Å². The molecule has 0 radical (unpaired) electrons. The standard InChI is InChI=1S/C11H8Cl3FN2O4S2/c1-17-11(22(2,18)19)9(13)10(16-17)5-3-8(23(14,20)21)6(12)4-7(5)15/h3-4H,1-2H3. The Balaban J connectivity index is 2.84. The number of hydrogen-bond donors (Lipinski definition) is 0. The molecule has 0 saturated heterocycles. The molecule has 2 rings (SSSR count). The van der Waals surface area contributed by atoms with Crippen molar-refractivity contribution in [2.24, 2.45) is 7.05 Å². The summed E-state index contributed by atoms with van der Waals surface area (Å²) in [7, 11) is -1.44. The molecule has 126 valence electrons. The zero-order valence-electron chi connectivity index (χ0n) is 11.5. The number of nitrogens with zero attached hydrogens (tertiary/aromatic N) is 2. The van der Waals surface area contributed by atoms with E-state index in [9.17, 15) is 21.2 Å². The molecule has 2 aromatic rings. The molecule has 0 aliphatic rings. The van der Waals surface area contributed by atoms with E-state index in [2.05, 4.69) is 5.10 Å². The van der Waals surface area contributed by atoms with Gasteiger partial charge in [-0.05, 0) is 12.1 Å². The van der Waals surface area contributed by atoms with Crippen LogP contribution >= 0.6 is 33.9 Å². The zero-order valence-corrected chi connectivity index (χ0v) is 15.4. The molecule has 0 saturated carbocycles. The van der Waals surface area contributed by atoms with Crippen molar-refractivity contribution < 1.29 is 21.2 Å². The van der Waals surface area contributed by atoms with Crippen LogP contribution in [0.15, 0.2) is 22.1 Å². The molecule has 0 spiro atoms. The maximum atomic E-state index is 14.1. The van der Waals surface area contributed by atoms with Crippen LogP contribution < -0.4 is 0 Å². The van der Waals surface area contributed by atoms with Gasteiger partial charge in [0.25, 0.3) is 9.05 Å². The highest BCUT2D eigenvalue weighted by molar-refractivity contribution is 8.13. The van der Waals surface area contributed by atoms with E-state index in [1.165, 1.54) is 7.05 Å². The minimum atomic E-state index is -4.25. The van der Waals surface area contributed by atoms with Crippen LogP contribution in [0.1, 0.15) is 0 Å². The van der Waals surface area contributed by atoms with Gasteiger partial charge in [-0.1, -0.05) is 23.2 Å². The zero-order chi connectivity index (χ0) is 17.7. The van der Waals surface area contributed by atoms with Crippen molar-refractivity contribution in [2.75, 3.05) is 6.26 Å². The molecule has 1 heterocycles. The molecule has 1 aromatic heterocycles. The fraction of sp³-hybridized carbons (Fsp3) is 0.182. The van der Waals surface area contributed by atoms with Crippen molar-refractivity contribution in [3.05, 3.63) is 28.0 Å². The Bertz CT molecular complexity index is 1020. The van der Waals surface area contributed by atoms with Crippen molar-refractivity contribution in [3.8, 4) is 11.3 Å². The summed E-state index contributed by atoms with van der Waals surface area (Å²) < 4.78 is 61.4. The second-order valence-corrected chi connectivity index (χ2v) is 9.81. The molecule has 12 heteroatoms. The van der Waals surface area contributed by atoms with Crippen LogP contribution in [-0.2, 0) is 25.9 Å². The monoisotopic (exact) mass is 420 g/mol. The molecular weight excluding hydrogens is 414 g/mol. The Hall–Kier alpha value is -0.870. The first-order valence-corrected chi connectivity index (χ1v) is 10.7. The number of sulfone groups is 1. The number of benzene rings is 1. The molecule has 0 amide bonds. The average molecular weight is 422 g/mol. The van der Waals surface area contributed by atoms with E-state index in [1.807, 2.05) is 0 Å². The summed E-state index contributed by atoms with van der Waals surface area (Å²) in [5.74, 6) is -0.931. The molecule has 23 heavy (non-hydrogen) atoms. The van der Waals surface area contributed by atoms with Gasteiger partial charge in [0.2, 0.25) is 0 Å². The number of aromatic nitrogens is 2. The summed E-state index contributed by atoms with van der Waals surface area (Å²) in [6, 6.07) is 1.58. The maximum absolute atomic E-state index is 14.1. The van der Waals surface area contributed by atoms with Gasteiger partial charge in [0.05, 0.1) is 5.02 Å². The average Bonchev–Trinajstić information content (AvgIpc) is 2.62. The Kier molecular flexibility index (Phi) is 4.73. The topological polar surface area (TPSA) is 86.1 Å². The fourth-order valence-electron chi connectivity index (χ4n) is 1.95. The van der Waals surface area contributed by atoms with Crippen LogP contribution in [-0.4, -0.2) is 32.9 Å². The predicted molar refractivity (Wildman–Crippen MR) is 84.8 cm³/mol. The van der Waals surface area contributed by atoms with Crippen LogP contribution in [0.25, 0.3) is 11.3 Å². The molecule has 0 N–H and O–H groups in total. The number of halogens is 4. The Morgan fingerprint density at radius 2 is 1.74 bits per heavy atom. The highest BCUT2D eigenvalue weighted by Gasteiger charge is 2.27. The summed E-state index contributed by atoms with van der Waals surface area (Å²) in [5.41, 5.74) is -0.588. The fourth-order valence-corrected chi connectivity index (χ4v) is 5.09. The molecule has 6 nitrogen and oxygen atoms in total. The van der Waals surface area contributed by atoms with Crippen molar-refractivity contribution in [1.29, 1.82) is 0 Å². The van der Waals surface area contributed by atoms with Crippen molar-refractivity contribution in [1.82, 2.24) is 9.78 Å². The van der Waals surface area contributed by atoms with Crippen LogP contribution in [0.3, 0.4) is 0 Å². The number of rotatable bonds is 3. The molecule has 0 aliphatic heterocycles. The molecule has 0 atom stereocenters. The molecular formula is C11H8Cl3FN2O4S2. The van der Waals surface area contributed by atoms with Crippen LogP contribution in [0.5, 0.6) is 0 Å². The molecule has 0 aliphatic carbocycles. The summed E-state index contributed by atoms with van der Waals surface area (Å²) in [6.45, 7) is 0. The van der Waals surface area contributed by atoms with Gasteiger partial charge in [-0.25, -0.2) is 21.2 Å². The first-order chi connectivity index (χ1) is 10.3. The van der Waals surface area contributed by atoms with E-state index < -0.39 is 34.6 Å². The molecule has 0 unspecified atom stereocenters. The van der Waals surface area contributed by atoms with Gasteiger partial charge in [-0.15, -0.1) is 0 Å². The van der Waals surface area contributed by atoms with Gasteiger partial charge >= 0.3 is 0 Å². The first kappa shape index (κ1) is 18.5. The lowest BCUT2D eigenvalue weighted by Crippen LogP contribution is -2.05. The van der Waals surface area contributed by atoms with Gasteiger partial charge in [-0.3, -0.25) is 4.68 Å². The SMILES string of the molecule is Cn1nc(-c2cc(S(=O)(=O)Cl)c(Cl)cc2F)c(Cl)c1S(C)(=O)=O. The van der Waals surface area contributed by atoms with E-state index in [-0.39, 0.29) is 21.3 Å². The quantitative estimate of drug-likeness (QED) is 0.711. The van der Waals surface area contributed by atoms with Crippen molar-refractivity contribution >= 4 is 52.8 Å². The maximum Gasteiger partial charge on any atom is 0.262 e. The van der Waals surface area contributed by atoms with E-state index in [0.29, 0.717) is 0 Å². The third-order valence-electron chi connectivity index (χ3n) is 2.83. The highest BCUT2D eigenvalue weighted by Crippen LogP contribution is 2.37. The van der Waals surface area contributed by atoms with E-state index in [1.54, 1.807) is 0 Å². The molecule has 0 fully saturated rings. The number of aryl methyl sites for hydroxylation is 1. The minimum absolute atomic E-state index is 0.245. The van der Waals surface area contributed by atoms with Gasteiger partial charge in [0.1, 0.15) is 21.4 Å². The molecule has 1 aromatic carbocycles. The lowest BCUT2D eigenvalue weighted by atomic mass is 10.1. The summed E-state index contributed by atoms with van der Waals surface area (Å²) in [6.07, 6.45) is 0.909. The third-order valence-corrected chi connectivity index (χ3v) is 6.26. The second kappa shape index (κ2) is 5.89. The largest absolute Gasteiger partial charge is 0.262 e. The third kappa shape index (κ3) is 3.48. The predicted octanol–water partition coefficient (Wildman–Crippen LogP) is 2.86. The van der Waals surface area contributed by atoms with Crippen LogP contribution in [0.4, 0.5) is 4.39 Å². The van der Waals surface area contributed by atoms with Crippen molar-refractivity contribution in [2.45, 2.75) is 9.92 Å². The Morgan fingerprint density at radius 1 is 1.17 bits per heavy atom. The van der Waals surface area contributed by atoms with Crippen molar-refractivity contribution in [3.63, 3.8) is 0 Å². The summed E-state index contributed by atoms with van der Waals surface area (Å²) in [5, 5.41) is 2.75. The van der Waals surface area contributed by atoms with Crippen LogP contribution in [0, 0.1) is 5.82 Å². The normalized spacial score (nSPS) is 12.6. The molecule has 0 bridgehead atoms. The minimum Gasteiger partial charge on any atom is -0.255 e. The van der Waals surface area contributed by atoms with E-state index >= 15 is 0 Å². The van der Waals surface area contributed by atoms with Gasteiger partial charge in [0, 0.05) is 29.5 Å². The van der Waals surface area contributed by atoms with Gasteiger partial charge in [0.15, 0.2) is 14.9 Å². The highest BCUT2D eigenvalue weighted by atomic mass is 35.7. The lowest BCUT2D eigenvalue weighted by Gasteiger charge is -2.05. The van der Waals surface area contributed by atoms with E-state index in [4.69, 9.17) is 33.9 Å². The smallest absolute Gasteiger partial charge is 0.255 e. The van der Waals surface area contributed by atoms with Crippen LogP contribution in [0.2, 0.25) is 10.0 Å². The van der Waals surface area contributed by atoms with Gasteiger partial charge in [-0.2, -0.15) is 5.10 Å². The second-order valence-electron chi connectivity index (χ2n) is 4.56. The Labute approximate surface area is 146 Å². The van der Waals surface area contributed by atoms with Gasteiger partial charge < -0.3 is 0 Å². The summed E-state index contributed by atoms with van der Waals surface area (Å²) in [4.78, 5) is -0.542. The number of hydrogen-bond acceptors (Lipinski definition) is 5. The Morgan fingerprint density at radius 3 is 2.17 bits per heavy atom. The lowest BCUT2D eigenvalue weighted by molar-refractivity contribution is 0.583. The summed E-state index contributed by atoms with van der Waals surface area (Å²) >= 11 is 11.6.